The number of rotatable bonds is 10. The minimum atomic E-state index is -1.12. The van der Waals surface area contributed by atoms with Gasteiger partial charge >= 0.3 is 11.9 Å². The average molecular weight is 327 g/mol. The second-order valence-electron chi connectivity index (χ2n) is 6.28. The summed E-state index contributed by atoms with van der Waals surface area (Å²) in [6.45, 7) is 8.07. The van der Waals surface area contributed by atoms with Crippen molar-refractivity contribution in [3.63, 3.8) is 0 Å². The van der Waals surface area contributed by atoms with E-state index in [1.54, 1.807) is 13.8 Å². The molecule has 0 saturated carbocycles. The number of aliphatic carboxylic acids is 2. The third-order valence-electron chi connectivity index (χ3n) is 4.15. The molecule has 0 atom stereocenters. The molecule has 1 heterocycles. The van der Waals surface area contributed by atoms with E-state index in [4.69, 9.17) is 4.74 Å². The number of carboxylic acid groups (broad SMARTS) is 2. The summed E-state index contributed by atoms with van der Waals surface area (Å²) in [5.74, 6) is -2.52. The molecule has 1 saturated heterocycles. The van der Waals surface area contributed by atoms with E-state index in [1.165, 1.54) is 0 Å². The quantitative estimate of drug-likeness (QED) is 0.473. The first-order chi connectivity index (χ1) is 10.9. The van der Waals surface area contributed by atoms with Crippen molar-refractivity contribution in [1.82, 2.24) is 4.90 Å². The summed E-state index contributed by atoms with van der Waals surface area (Å²) in [6, 6.07) is 0. The number of carboxylic acids is 2. The van der Waals surface area contributed by atoms with E-state index < -0.39 is 11.9 Å². The first-order valence-electron chi connectivity index (χ1n) is 8.43. The molecule has 0 aliphatic carbocycles. The Kier molecular flexibility index (Phi) is 8.87. The summed E-state index contributed by atoms with van der Waals surface area (Å²) >= 11 is 0. The zero-order chi connectivity index (χ0) is 17.2. The van der Waals surface area contributed by atoms with Gasteiger partial charge in [0.1, 0.15) is 0 Å². The Balaban J connectivity index is 2.34. The smallest absolute Gasteiger partial charge is 0.332 e. The monoisotopic (exact) mass is 327 g/mol. The predicted molar refractivity (Wildman–Crippen MR) is 87.5 cm³/mol. The van der Waals surface area contributed by atoms with Crippen LogP contribution in [0.3, 0.4) is 0 Å². The van der Waals surface area contributed by atoms with Gasteiger partial charge in [-0.1, -0.05) is 26.7 Å². The molecule has 2 N–H and O–H groups in total. The van der Waals surface area contributed by atoms with Crippen molar-refractivity contribution in [2.75, 3.05) is 32.8 Å². The van der Waals surface area contributed by atoms with Crippen molar-refractivity contribution in [1.29, 1.82) is 0 Å². The van der Waals surface area contributed by atoms with Crippen molar-refractivity contribution in [3.8, 4) is 0 Å². The van der Waals surface area contributed by atoms with Crippen LogP contribution in [0.1, 0.15) is 46.0 Å². The van der Waals surface area contributed by atoms with Gasteiger partial charge in [0.15, 0.2) is 0 Å². The van der Waals surface area contributed by atoms with Gasteiger partial charge in [-0.25, -0.2) is 9.59 Å². The molecule has 1 aliphatic rings. The summed E-state index contributed by atoms with van der Waals surface area (Å²) in [5, 5.41) is 18.5. The van der Waals surface area contributed by atoms with Crippen LogP contribution in [0.5, 0.6) is 0 Å². The highest BCUT2D eigenvalue weighted by molar-refractivity contribution is 5.99. The van der Waals surface area contributed by atoms with E-state index in [2.05, 4.69) is 4.90 Å². The topological polar surface area (TPSA) is 87.1 Å². The number of hydrogen-bond acceptors (Lipinski definition) is 4. The Hall–Kier alpha value is -1.40. The van der Waals surface area contributed by atoms with Crippen LogP contribution in [-0.2, 0) is 14.3 Å². The highest BCUT2D eigenvalue weighted by Crippen LogP contribution is 2.21. The fourth-order valence-corrected chi connectivity index (χ4v) is 2.90. The van der Waals surface area contributed by atoms with Crippen molar-refractivity contribution in [2.24, 2.45) is 5.92 Å². The molecule has 0 unspecified atom stereocenters. The van der Waals surface area contributed by atoms with Crippen LogP contribution in [0.15, 0.2) is 11.1 Å². The average Bonchev–Trinajstić information content (AvgIpc) is 2.49. The summed E-state index contributed by atoms with van der Waals surface area (Å²) in [4.78, 5) is 25.0. The molecule has 0 aromatic rings. The number of nitrogens with zero attached hydrogens (tertiary/aromatic N) is 1. The molecule has 6 heteroatoms. The van der Waals surface area contributed by atoms with Gasteiger partial charge in [0, 0.05) is 24.2 Å². The van der Waals surface area contributed by atoms with Crippen LogP contribution in [0.25, 0.3) is 0 Å². The molecule has 23 heavy (non-hydrogen) atoms. The molecular formula is C17H29NO5. The maximum atomic E-state index is 11.3. The Morgan fingerprint density at radius 1 is 1.00 bits per heavy atom. The third kappa shape index (κ3) is 7.14. The fourth-order valence-electron chi connectivity index (χ4n) is 2.90. The largest absolute Gasteiger partial charge is 0.478 e. The molecule has 0 bridgehead atoms. The van der Waals surface area contributed by atoms with Gasteiger partial charge in [-0.05, 0) is 31.7 Å². The SMILES string of the molecule is CC(C)C(C(=O)O)=C(CCCCCCN1CCOCC1)C(=O)O. The molecular weight excluding hydrogens is 298 g/mol. The first-order valence-corrected chi connectivity index (χ1v) is 8.43. The van der Waals surface area contributed by atoms with Gasteiger partial charge in [0.2, 0.25) is 0 Å². The number of hydrogen-bond donors (Lipinski definition) is 2. The molecule has 0 spiro atoms. The lowest BCUT2D eigenvalue weighted by Gasteiger charge is -2.26. The molecule has 132 valence electrons. The van der Waals surface area contributed by atoms with Crippen LogP contribution in [0.4, 0.5) is 0 Å². The first kappa shape index (κ1) is 19.6. The molecule has 1 aliphatic heterocycles. The Bertz CT molecular complexity index is 425. The molecule has 6 nitrogen and oxygen atoms in total. The molecule has 0 amide bonds. The van der Waals surface area contributed by atoms with Gasteiger partial charge < -0.3 is 14.9 Å². The molecule has 0 radical (unpaired) electrons. The predicted octanol–water partition coefficient (Wildman–Crippen LogP) is 2.39. The van der Waals surface area contributed by atoms with Crippen LogP contribution in [0.2, 0.25) is 0 Å². The van der Waals surface area contributed by atoms with Crippen molar-refractivity contribution in [3.05, 3.63) is 11.1 Å². The number of carbonyl (C=O) groups is 2. The zero-order valence-corrected chi connectivity index (χ0v) is 14.2. The maximum absolute atomic E-state index is 11.3. The van der Waals surface area contributed by atoms with Crippen LogP contribution in [0, 0.1) is 5.92 Å². The van der Waals surface area contributed by atoms with Gasteiger partial charge in [-0.2, -0.15) is 0 Å². The Labute approximate surface area is 138 Å². The number of morpholine rings is 1. The summed E-state index contributed by atoms with van der Waals surface area (Å²) in [5.41, 5.74) is 0.0893. The lowest BCUT2D eigenvalue weighted by molar-refractivity contribution is -0.136. The van der Waals surface area contributed by atoms with E-state index in [0.717, 1.165) is 52.1 Å². The fraction of sp³-hybridized carbons (Fsp3) is 0.765. The second kappa shape index (κ2) is 10.4. The van der Waals surface area contributed by atoms with Gasteiger partial charge in [0.05, 0.1) is 13.2 Å². The van der Waals surface area contributed by atoms with E-state index in [1.807, 2.05) is 0 Å². The van der Waals surface area contributed by atoms with Crippen LogP contribution in [-0.4, -0.2) is 59.9 Å². The summed E-state index contributed by atoms with van der Waals surface area (Å²) in [7, 11) is 0. The highest BCUT2D eigenvalue weighted by Gasteiger charge is 2.22. The minimum absolute atomic E-state index is 0.0332. The van der Waals surface area contributed by atoms with E-state index in [9.17, 15) is 19.8 Å². The standard InChI is InChI=1S/C17H29NO5/c1-13(2)15(17(21)22)14(16(19)20)7-5-3-4-6-8-18-9-11-23-12-10-18/h13H,3-12H2,1-2H3,(H,19,20)(H,21,22). The summed E-state index contributed by atoms with van der Waals surface area (Å²) < 4.78 is 5.30. The van der Waals surface area contributed by atoms with Crippen molar-refractivity contribution >= 4 is 11.9 Å². The summed E-state index contributed by atoms with van der Waals surface area (Å²) in [6.07, 6.45) is 4.09. The normalized spacial score (nSPS) is 17.2. The van der Waals surface area contributed by atoms with Gasteiger partial charge in [0.25, 0.3) is 0 Å². The van der Waals surface area contributed by atoms with Crippen molar-refractivity contribution in [2.45, 2.75) is 46.0 Å². The lowest BCUT2D eigenvalue weighted by Crippen LogP contribution is -2.36. The maximum Gasteiger partial charge on any atom is 0.332 e. The van der Waals surface area contributed by atoms with E-state index in [0.29, 0.717) is 12.8 Å². The van der Waals surface area contributed by atoms with E-state index in [-0.39, 0.29) is 17.1 Å². The Morgan fingerprint density at radius 3 is 2.13 bits per heavy atom. The van der Waals surface area contributed by atoms with E-state index >= 15 is 0 Å². The van der Waals surface area contributed by atoms with Crippen LogP contribution >= 0.6 is 0 Å². The zero-order valence-electron chi connectivity index (χ0n) is 14.2. The molecule has 0 aromatic carbocycles. The molecule has 1 fully saturated rings. The van der Waals surface area contributed by atoms with Gasteiger partial charge in [-0.15, -0.1) is 0 Å². The number of ether oxygens (including phenoxy) is 1. The van der Waals surface area contributed by atoms with Gasteiger partial charge in [-0.3, -0.25) is 4.90 Å². The van der Waals surface area contributed by atoms with Crippen LogP contribution < -0.4 is 0 Å². The second-order valence-corrected chi connectivity index (χ2v) is 6.28. The molecule has 0 aromatic heterocycles. The highest BCUT2D eigenvalue weighted by atomic mass is 16.5. The molecule has 1 rings (SSSR count). The van der Waals surface area contributed by atoms with Crippen molar-refractivity contribution < 1.29 is 24.5 Å². The lowest BCUT2D eigenvalue weighted by atomic mass is 9.93. The third-order valence-corrected chi connectivity index (χ3v) is 4.15. The minimum Gasteiger partial charge on any atom is -0.478 e. The number of unbranched alkanes of at least 4 members (excludes halogenated alkanes) is 3. The Morgan fingerprint density at radius 2 is 1.61 bits per heavy atom.